The maximum Gasteiger partial charge on any atom is 0.488 e. The molecule has 4 rings (SSSR count). The van der Waals surface area contributed by atoms with Crippen LogP contribution in [0.2, 0.25) is 0 Å². The van der Waals surface area contributed by atoms with Crippen molar-refractivity contribution < 1.29 is 28.7 Å². The van der Waals surface area contributed by atoms with E-state index in [1.54, 1.807) is 30.3 Å². The van der Waals surface area contributed by atoms with Gasteiger partial charge >= 0.3 is 7.12 Å². The Morgan fingerprint density at radius 3 is 2.00 bits per heavy atom. The lowest BCUT2D eigenvalue weighted by Crippen LogP contribution is -2.54. The molecule has 0 saturated carbocycles. The largest absolute Gasteiger partial charge is 0.488 e. The van der Waals surface area contributed by atoms with Crippen LogP contribution in [0.3, 0.4) is 0 Å². The first-order valence-electron chi connectivity index (χ1n) is 10.0. The van der Waals surface area contributed by atoms with Crippen LogP contribution in [0.5, 0.6) is 0 Å². The number of rotatable bonds is 6. The highest BCUT2D eigenvalue weighted by Crippen LogP contribution is 2.44. The Morgan fingerprint density at radius 2 is 1.44 bits per heavy atom. The monoisotopic (exact) mass is 435 g/mol. The van der Waals surface area contributed by atoms with Crippen molar-refractivity contribution in [3.8, 4) is 0 Å². The molecule has 0 spiro atoms. The number of amides is 1. The molecule has 1 amide bonds. The average molecular weight is 435 g/mol. The molecule has 0 bridgehead atoms. The predicted molar refractivity (Wildman–Crippen MR) is 117 cm³/mol. The van der Waals surface area contributed by atoms with Crippen LogP contribution < -0.4 is 10.4 Å². The van der Waals surface area contributed by atoms with E-state index >= 15 is 0 Å². The van der Waals surface area contributed by atoms with E-state index in [0.29, 0.717) is 16.7 Å². The number of aliphatic hydroxyl groups excluding tert-OH is 1. The third kappa shape index (κ3) is 4.34. The minimum absolute atomic E-state index is 0.226. The molecule has 3 aromatic rings. The Balaban J connectivity index is 1.63. The molecule has 1 fully saturated rings. The normalized spacial score (nSPS) is 19.2. The van der Waals surface area contributed by atoms with Gasteiger partial charge in [-0.2, -0.15) is 0 Å². The molecular weight excluding hydrogens is 415 g/mol. The highest BCUT2D eigenvalue weighted by molar-refractivity contribution is 6.58. The van der Waals surface area contributed by atoms with E-state index in [2.05, 4.69) is 0 Å². The van der Waals surface area contributed by atoms with Crippen molar-refractivity contribution in [3.05, 3.63) is 108 Å². The summed E-state index contributed by atoms with van der Waals surface area (Å²) in [5, 5.41) is 29.1. The Bertz CT molecular complexity index is 1120. The molecule has 0 unspecified atom stereocenters. The summed E-state index contributed by atoms with van der Waals surface area (Å²) in [4.78, 5) is 14.5. The average Bonchev–Trinajstić information content (AvgIpc) is 2.79. The van der Waals surface area contributed by atoms with Crippen molar-refractivity contribution in [2.75, 3.05) is 4.90 Å². The number of hydrogen-bond acceptors (Lipinski definition) is 4. The zero-order valence-electron chi connectivity index (χ0n) is 16.8. The summed E-state index contributed by atoms with van der Waals surface area (Å²) in [6.45, 7) is 0. The molecule has 8 heteroatoms. The summed E-state index contributed by atoms with van der Waals surface area (Å²) in [7, 11) is -1.61. The number of halogens is 2. The molecule has 5 nitrogen and oxygen atoms in total. The first-order chi connectivity index (χ1) is 15.3. The van der Waals surface area contributed by atoms with Crippen LogP contribution in [0.25, 0.3) is 0 Å². The van der Waals surface area contributed by atoms with Gasteiger partial charge in [-0.25, -0.2) is 8.78 Å². The molecule has 0 aliphatic carbocycles. The van der Waals surface area contributed by atoms with Gasteiger partial charge in [0, 0.05) is 5.69 Å². The Morgan fingerprint density at radius 1 is 0.875 bits per heavy atom. The fourth-order valence-electron chi connectivity index (χ4n) is 3.81. The van der Waals surface area contributed by atoms with E-state index in [1.165, 1.54) is 59.5 Å². The first kappa shape index (κ1) is 21.9. The number of aliphatic hydroxyl groups is 1. The lowest BCUT2D eigenvalue weighted by Gasteiger charge is -2.46. The molecule has 1 aliphatic heterocycles. The van der Waals surface area contributed by atoms with Crippen LogP contribution in [0.1, 0.15) is 23.3 Å². The number of anilines is 1. The quantitative estimate of drug-likeness (QED) is 0.316. The van der Waals surface area contributed by atoms with Crippen molar-refractivity contribution in [2.24, 2.45) is 5.92 Å². The number of nitrogens with zero attached hydrogens (tertiary/aromatic N) is 1. The Labute approximate surface area is 184 Å². The summed E-state index contributed by atoms with van der Waals surface area (Å²) in [6.07, 6.45) is 2.07. The number of benzene rings is 3. The Kier molecular flexibility index (Phi) is 6.18. The van der Waals surface area contributed by atoms with Gasteiger partial charge in [0.05, 0.1) is 18.1 Å². The van der Waals surface area contributed by atoms with Gasteiger partial charge in [-0.15, -0.1) is 0 Å². The summed E-state index contributed by atoms with van der Waals surface area (Å²) in [5.74, 6) is -1.65. The Hall–Kier alpha value is -3.33. The molecule has 0 aromatic heterocycles. The van der Waals surface area contributed by atoms with E-state index in [9.17, 15) is 28.7 Å². The van der Waals surface area contributed by atoms with E-state index in [-0.39, 0.29) is 5.91 Å². The lowest BCUT2D eigenvalue weighted by atomic mass is 9.77. The zero-order chi connectivity index (χ0) is 22.8. The smallest absolute Gasteiger partial charge is 0.423 e. The fourth-order valence-corrected chi connectivity index (χ4v) is 3.81. The van der Waals surface area contributed by atoms with Crippen LogP contribution >= 0.6 is 0 Å². The third-order valence-electron chi connectivity index (χ3n) is 5.53. The van der Waals surface area contributed by atoms with Crippen LogP contribution in [0.15, 0.2) is 84.9 Å². The summed E-state index contributed by atoms with van der Waals surface area (Å²) in [6, 6.07) is 17.1. The third-order valence-corrected chi connectivity index (χ3v) is 5.53. The second-order valence-corrected chi connectivity index (χ2v) is 7.58. The molecule has 3 aromatic carbocycles. The second kappa shape index (κ2) is 9.04. The van der Waals surface area contributed by atoms with Crippen LogP contribution in [0.4, 0.5) is 14.5 Å². The van der Waals surface area contributed by atoms with Gasteiger partial charge in [0.15, 0.2) is 0 Å². The summed E-state index contributed by atoms with van der Waals surface area (Å²) in [5.41, 5.74) is 2.06. The molecule has 3 N–H and O–H groups in total. The molecule has 0 radical (unpaired) electrons. The lowest BCUT2D eigenvalue weighted by molar-refractivity contribution is -0.128. The second-order valence-electron chi connectivity index (χ2n) is 7.58. The highest BCUT2D eigenvalue weighted by atomic mass is 19.1. The van der Waals surface area contributed by atoms with E-state index in [0.717, 1.165) is 5.56 Å². The van der Waals surface area contributed by atoms with Gasteiger partial charge < -0.3 is 20.1 Å². The first-order valence-corrected chi connectivity index (χ1v) is 10.0. The van der Waals surface area contributed by atoms with Crippen molar-refractivity contribution >= 4 is 24.2 Å². The SMILES string of the molecule is O=C1[C@@H](C=C[C@H](O)c2ccc(F)cc2)[C@H](c2ccc(B(O)O)cc2)N1c1ccc(F)cc1. The number of β-lactam (4-membered cyclic amide) rings is 1. The molecule has 1 aliphatic rings. The zero-order valence-corrected chi connectivity index (χ0v) is 16.8. The summed E-state index contributed by atoms with van der Waals surface area (Å²) >= 11 is 0. The van der Waals surface area contributed by atoms with Gasteiger partial charge in [-0.05, 0) is 53.0 Å². The van der Waals surface area contributed by atoms with Gasteiger partial charge in [-0.1, -0.05) is 48.6 Å². The van der Waals surface area contributed by atoms with Crippen molar-refractivity contribution in [1.29, 1.82) is 0 Å². The van der Waals surface area contributed by atoms with Gasteiger partial charge in [0.2, 0.25) is 5.91 Å². The van der Waals surface area contributed by atoms with E-state index in [1.807, 2.05) is 0 Å². The number of carbonyl (C=O) groups excluding carboxylic acids is 1. The van der Waals surface area contributed by atoms with Crippen molar-refractivity contribution in [3.63, 3.8) is 0 Å². The van der Waals surface area contributed by atoms with Gasteiger partial charge in [0.1, 0.15) is 11.6 Å². The van der Waals surface area contributed by atoms with Crippen LogP contribution in [-0.2, 0) is 4.79 Å². The predicted octanol–water partition coefficient (Wildman–Crippen LogP) is 2.64. The molecule has 1 heterocycles. The summed E-state index contributed by atoms with van der Waals surface area (Å²) < 4.78 is 26.5. The van der Waals surface area contributed by atoms with E-state index in [4.69, 9.17) is 0 Å². The van der Waals surface area contributed by atoms with Crippen LogP contribution in [0, 0.1) is 17.6 Å². The maximum atomic E-state index is 13.4. The number of hydrogen-bond donors (Lipinski definition) is 3. The van der Waals surface area contributed by atoms with Crippen molar-refractivity contribution in [2.45, 2.75) is 12.1 Å². The van der Waals surface area contributed by atoms with Gasteiger partial charge in [0.25, 0.3) is 0 Å². The van der Waals surface area contributed by atoms with Crippen LogP contribution in [-0.4, -0.2) is 28.2 Å². The van der Waals surface area contributed by atoms with Crippen molar-refractivity contribution in [1.82, 2.24) is 0 Å². The minimum atomic E-state index is -1.61. The van der Waals surface area contributed by atoms with E-state index < -0.39 is 36.8 Å². The standard InChI is InChI=1S/C24H20BF2NO4/c26-18-7-3-15(4-8-18)22(29)14-13-21-23(16-1-5-17(6-2-16)25(31)32)28(24(21)30)20-11-9-19(27)10-12-20/h1-14,21-23,29,31-32H/t21-,22-,23-/m0/s1. The molecule has 3 atom stereocenters. The topological polar surface area (TPSA) is 81.0 Å². The highest BCUT2D eigenvalue weighted by Gasteiger charge is 2.47. The minimum Gasteiger partial charge on any atom is -0.423 e. The fraction of sp³-hybridized carbons (Fsp3) is 0.125. The molecule has 162 valence electrons. The number of carbonyl (C=O) groups is 1. The maximum absolute atomic E-state index is 13.4. The molecule has 32 heavy (non-hydrogen) atoms. The van der Waals surface area contributed by atoms with Gasteiger partial charge in [-0.3, -0.25) is 4.79 Å². The molecular formula is C24H20BF2NO4. The molecule has 1 saturated heterocycles.